The van der Waals surface area contributed by atoms with Crippen LogP contribution in [0.25, 0.3) is 0 Å². The minimum absolute atomic E-state index is 0. The number of aryl methyl sites for hydroxylation is 1. The van der Waals surface area contributed by atoms with E-state index in [1.807, 2.05) is 7.05 Å². The summed E-state index contributed by atoms with van der Waals surface area (Å²) in [5.41, 5.74) is 2.78. The minimum Gasteiger partial charge on any atom is -0.497 e. The standard InChI is InChI=1S/C22H29N3O.HI/c1-23-22(24-15-6-9-18-7-4-3-5-8-18)25-16-14-20(17-25)19-10-12-21(26-2)13-11-19;/h3-5,7-8,10-13,20H,6,9,14-17H2,1-2H3,(H,23,24);1H. The second kappa shape index (κ2) is 11.2. The smallest absolute Gasteiger partial charge is 0.193 e. The summed E-state index contributed by atoms with van der Waals surface area (Å²) in [6.45, 7) is 3.02. The van der Waals surface area contributed by atoms with Gasteiger partial charge in [-0.1, -0.05) is 42.5 Å². The molecule has 5 heteroatoms. The van der Waals surface area contributed by atoms with Crippen LogP contribution < -0.4 is 10.1 Å². The molecule has 1 saturated heterocycles. The van der Waals surface area contributed by atoms with Crippen molar-refractivity contribution in [2.24, 2.45) is 4.99 Å². The van der Waals surface area contributed by atoms with Crippen LogP contribution in [0.5, 0.6) is 5.75 Å². The predicted molar refractivity (Wildman–Crippen MR) is 123 cm³/mol. The number of aliphatic imine (C=N–C) groups is 1. The normalized spacial score (nSPS) is 16.7. The fraction of sp³-hybridized carbons (Fsp3) is 0.409. The van der Waals surface area contributed by atoms with Crippen LogP contribution >= 0.6 is 24.0 Å². The molecule has 1 N–H and O–H groups in total. The topological polar surface area (TPSA) is 36.9 Å². The van der Waals surface area contributed by atoms with Gasteiger partial charge in [0.05, 0.1) is 7.11 Å². The Bertz CT molecular complexity index is 703. The summed E-state index contributed by atoms with van der Waals surface area (Å²) in [6.07, 6.45) is 3.37. The van der Waals surface area contributed by atoms with Crippen molar-refractivity contribution in [3.8, 4) is 5.75 Å². The molecular formula is C22H30IN3O. The van der Waals surface area contributed by atoms with Crippen LogP contribution in [0.3, 0.4) is 0 Å². The van der Waals surface area contributed by atoms with E-state index >= 15 is 0 Å². The van der Waals surface area contributed by atoms with Gasteiger partial charge in [0.15, 0.2) is 5.96 Å². The lowest BCUT2D eigenvalue weighted by Gasteiger charge is -2.22. The first-order chi connectivity index (χ1) is 12.8. The van der Waals surface area contributed by atoms with E-state index in [4.69, 9.17) is 4.74 Å². The zero-order valence-corrected chi connectivity index (χ0v) is 18.6. The maximum atomic E-state index is 5.26. The van der Waals surface area contributed by atoms with Crippen molar-refractivity contribution >= 4 is 29.9 Å². The number of ether oxygens (including phenoxy) is 1. The fourth-order valence-corrected chi connectivity index (χ4v) is 3.57. The Kier molecular flexibility index (Phi) is 8.91. The molecule has 1 aliphatic heterocycles. The van der Waals surface area contributed by atoms with Crippen molar-refractivity contribution in [2.45, 2.75) is 25.2 Å². The molecule has 2 aromatic rings. The van der Waals surface area contributed by atoms with Crippen LogP contribution in [0.1, 0.15) is 29.9 Å². The molecule has 0 spiro atoms. The highest BCUT2D eigenvalue weighted by molar-refractivity contribution is 14.0. The highest BCUT2D eigenvalue weighted by Crippen LogP contribution is 2.28. The Morgan fingerprint density at radius 3 is 2.56 bits per heavy atom. The molecule has 3 rings (SSSR count). The first-order valence-corrected chi connectivity index (χ1v) is 9.43. The number of nitrogens with zero attached hydrogens (tertiary/aromatic N) is 2. The predicted octanol–water partition coefficient (Wildman–Crippen LogP) is 4.31. The average Bonchev–Trinajstić information content (AvgIpc) is 3.19. The molecule has 1 atom stereocenters. The molecule has 0 bridgehead atoms. The maximum absolute atomic E-state index is 5.26. The van der Waals surface area contributed by atoms with Crippen LogP contribution in [-0.2, 0) is 6.42 Å². The fourth-order valence-electron chi connectivity index (χ4n) is 3.57. The van der Waals surface area contributed by atoms with Crippen molar-refractivity contribution in [1.29, 1.82) is 0 Å². The molecular weight excluding hydrogens is 449 g/mol. The van der Waals surface area contributed by atoms with E-state index in [9.17, 15) is 0 Å². The number of hydrogen-bond donors (Lipinski definition) is 1. The first-order valence-electron chi connectivity index (χ1n) is 9.43. The summed E-state index contributed by atoms with van der Waals surface area (Å²) >= 11 is 0. The molecule has 0 aromatic heterocycles. The molecule has 0 radical (unpaired) electrons. The van der Waals surface area contributed by atoms with Crippen molar-refractivity contribution in [3.05, 3.63) is 65.7 Å². The Hall–Kier alpha value is -1.76. The van der Waals surface area contributed by atoms with E-state index < -0.39 is 0 Å². The Labute approximate surface area is 180 Å². The van der Waals surface area contributed by atoms with Crippen LogP contribution in [0, 0.1) is 0 Å². The van der Waals surface area contributed by atoms with Crippen molar-refractivity contribution in [1.82, 2.24) is 10.2 Å². The third kappa shape index (κ3) is 6.13. The van der Waals surface area contributed by atoms with E-state index in [0.717, 1.165) is 50.6 Å². The lowest BCUT2D eigenvalue weighted by Crippen LogP contribution is -2.40. The third-order valence-electron chi connectivity index (χ3n) is 5.05. The van der Waals surface area contributed by atoms with Crippen molar-refractivity contribution < 1.29 is 4.74 Å². The number of halogens is 1. The van der Waals surface area contributed by atoms with Gasteiger partial charge in [-0.15, -0.1) is 24.0 Å². The van der Waals surface area contributed by atoms with Gasteiger partial charge in [-0.2, -0.15) is 0 Å². The van der Waals surface area contributed by atoms with Crippen LogP contribution in [0.4, 0.5) is 0 Å². The van der Waals surface area contributed by atoms with Gasteiger partial charge in [0.25, 0.3) is 0 Å². The minimum atomic E-state index is 0. The van der Waals surface area contributed by atoms with Crippen LogP contribution in [0.2, 0.25) is 0 Å². The molecule has 1 unspecified atom stereocenters. The summed E-state index contributed by atoms with van der Waals surface area (Å²) in [4.78, 5) is 6.85. The number of guanidine groups is 1. The molecule has 1 heterocycles. The number of methoxy groups -OCH3 is 1. The summed E-state index contributed by atoms with van der Waals surface area (Å²) in [5, 5.41) is 3.53. The maximum Gasteiger partial charge on any atom is 0.193 e. The summed E-state index contributed by atoms with van der Waals surface area (Å²) in [6, 6.07) is 19.1. The zero-order valence-electron chi connectivity index (χ0n) is 16.2. The number of rotatable bonds is 6. The zero-order chi connectivity index (χ0) is 18.2. The summed E-state index contributed by atoms with van der Waals surface area (Å²) in [5.74, 6) is 2.50. The largest absolute Gasteiger partial charge is 0.497 e. The molecule has 0 aliphatic carbocycles. The molecule has 0 amide bonds. The van der Waals surface area contributed by atoms with E-state index in [0.29, 0.717) is 5.92 Å². The van der Waals surface area contributed by atoms with Gasteiger partial charge >= 0.3 is 0 Å². The molecule has 0 saturated carbocycles. The highest BCUT2D eigenvalue weighted by atomic mass is 127. The van der Waals surface area contributed by atoms with Crippen molar-refractivity contribution in [2.75, 3.05) is 33.8 Å². The average molecular weight is 479 g/mol. The molecule has 2 aromatic carbocycles. The van der Waals surface area contributed by atoms with Gasteiger partial charge in [-0.25, -0.2) is 0 Å². The van der Waals surface area contributed by atoms with Crippen LogP contribution in [0.15, 0.2) is 59.6 Å². The lowest BCUT2D eigenvalue weighted by atomic mass is 9.98. The second-order valence-corrected chi connectivity index (χ2v) is 6.77. The third-order valence-corrected chi connectivity index (χ3v) is 5.05. The first kappa shape index (κ1) is 21.5. The Morgan fingerprint density at radius 2 is 1.89 bits per heavy atom. The van der Waals surface area contributed by atoms with Gasteiger partial charge in [0.1, 0.15) is 5.75 Å². The molecule has 1 aliphatic rings. The molecule has 146 valence electrons. The van der Waals surface area contributed by atoms with Gasteiger partial charge in [-0.3, -0.25) is 4.99 Å². The van der Waals surface area contributed by atoms with Crippen molar-refractivity contribution in [3.63, 3.8) is 0 Å². The van der Waals surface area contributed by atoms with Gasteiger partial charge in [0, 0.05) is 32.6 Å². The summed E-state index contributed by atoms with van der Waals surface area (Å²) < 4.78 is 5.26. The Morgan fingerprint density at radius 1 is 1.15 bits per heavy atom. The van der Waals surface area contributed by atoms with E-state index in [1.54, 1.807) is 7.11 Å². The van der Waals surface area contributed by atoms with E-state index in [1.165, 1.54) is 11.1 Å². The van der Waals surface area contributed by atoms with Gasteiger partial charge < -0.3 is 15.0 Å². The second-order valence-electron chi connectivity index (χ2n) is 6.77. The number of nitrogens with one attached hydrogen (secondary N) is 1. The van der Waals surface area contributed by atoms with Gasteiger partial charge in [0.2, 0.25) is 0 Å². The molecule has 4 nitrogen and oxygen atoms in total. The molecule has 1 fully saturated rings. The Balaban J connectivity index is 0.00000261. The van der Waals surface area contributed by atoms with Gasteiger partial charge in [-0.05, 0) is 42.5 Å². The highest BCUT2D eigenvalue weighted by Gasteiger charge is 2.25. The van der Waals surface area contributed by atoms with E-state index in [2.05, 4.69) is 69.8 Å². The van der Waals surface area contributed by atoms with E-state index in [-0.39, 0.29) is 24.0 Å². The number of likely N-dealkylation sites (tertiary alicyclic amines) is 1. The number of hydrogen-bond acceptors (Lipinski definition) is 2. The quantitative estimate of drug-likeness (QED) is 0.291. The monoisotopic (exact) mass is 479 g/mol. The molecule has 27 heavy (non-hydrogen) atoms. The lowest BCUT2D eigenvalue weighted by molar-refractivity contribution is 0.414. The SMILES string of the molecule is CN=C(NCCCc1ccccc1)N1CCC(c2ccc(OC)cc2)C1.I. The van der Waals surface area contributed by atoms with Crippen LogP contribution in [-0.4, -0.2) is 44.7 Å². The number of benzene rings is 2. The summed E-state index contributed by atoms with van der Waals surface area (Å²) in [7, 11) is 3.58.